The first-order valence-electron chi connectivity index (χ1n) is 7.04. The fourth-order valence-electron chi connectivity index (χ4n) is 2.20. The van der Waals surface area contributed by atoms with Crippen molar-refractivity contribution < 1.29 is 9.59 Å². The van der Waals surface area contributed by atoms with Gasteiger partial charge in [-0.05, 0) is 17.4 Å². The molecule has 0 spiro atoms. The lowest BCUT2D eigenvalue weighted by Crippen LogP contribution is -2.40. The van der Waals surface area contributed by atoms with E-state index in [4.69, 9.17) is 0 Å². The van der Waals surface area contributed by atoms with Crippen LogP contribution in [0, 0.1) is 5.92 Å². The fourth-order valence-corrected chi connectivity index (χ4v) is 3.06. The Bertz CT molecular complexity index is 427. The number of nitrogens with one attached hydrogen (secondary N) is 1. The van der Waals surface area contributed by atoms with E-state index in [1.165, 1.54) is 16.7 Å². The molecule has 0 saturated heterocycles. The van der Waals surface area contributed by atoms with Crippen LogP contribution >= 0.6 is 11.3 Å². The molecule has 112 valence electrons. The van der Waals surface area contributed by atoms with Gasteiger partial charge >= 0.3 is 0 Å². The maximum Gasteiger partial charge on any atom is 0.240 e. The molecule has 0 aromatic carbocycles. The summed E-state index contributed by atoms with van der Waals surface area (Å²) in [6, 6.07) is 4.10. The van der Waals surface area contributed by atoms with Gasteiger partial charge in [0.25, 0.3) is 0 Å². The van der Waals surface area contributed by atoms with E-state index >= 15 is 0 Å². The molecule has 1 N–H and O–H groups in total. The van der Waals surface area contributed by atoms with Gasteiger partial charge in [-0.25, -0.2) is 0 Å². The largest absolute Gasteiger partial charge is 0.347 e. The van der Waals surface area contributed by atoms with E-state index in [1.807, 2.05) is 11.4 Å². The van der Waals surface area contributed by atoms with Crippen LogP contribution in [0.2, 0.25) is 0 Å². The highest BCUT2D eigenvalue weighted by Gasteiger charge is 2.23. The first-order valence-corrected chi connectivity index (χ1v) is 7.92. The van der Waals surface area contributed by atoms with E-state index in [0.717, 1.165) is 12.8 Å². The molecular formula is C15H24N2O2S. The van der Waals surface area contributed by atoms with Crippen LogP contribution in [0.4, 0.5) is 0 Å². The molecular weight excluding hydrogens is 272 g/mol. The highest BCUT2D eigenvalue weighted by Crippen LogP contribution is 2.30. The van der Waals surface area contributed by atoms with Crippen LogP contribution in [0.1, 0.15) is 44.5 Å². The lowest BCUT2D eigenvalue weighted by molar-refractivity contribution is -0.133. The van der Waals surface area contributed by atoms with Crippen LogP contribution in [0.3, 0.4) is 0 Å². The number of carbonyl (C=O) groups is 2. The average Bonchev–Trinajstić information content (AvgIpc) is 2.92. The summed E-state index contributed by atoms with van der Waals surface area (Å²) in [5.41, 5.74) is 0. The minimum absolute atomic E-state index is 0.0397. The highest BCUT2D eigenvalue weighted by atomic mass is 32.1. The van der Waals surface area contributed by atoms with Gasteiger partial charge < -0.3 is 10.2 Å². The van der Waals surface area contributed by atoms with Gasteiger partial charge in [0.1, 0.15) is 0 Å². The Kier molecular flexibility index (Phi) is 6.71. The van der Waals surface area contributed by atoms with Crippen molar-refractivity contribution in [3.8, 4) is 0 Å². The van der Waals surface area contributed by atoms with Crippen molar-refractivity contribution in [3.63, 3.8) is 0 Å². The molecule has 0 aliphatic carbocycles. The van der Waals surface area contributed by atoms with Crippen molar-refractivity contribution in [2.24, 2.45) is 5.92 Å². The summed E-state index contributed by atoms with van der Waals surface area (Å²) in [5.74, 6) is 0.212. The topological polar surface area (TPSA) is 49.4 Å². The molecule has 1 aromatic heterocycles. The van der Waals surface area contributed by atoms with Crippen LogP contribution in [-0.4, -0.2) is 30.3 Å². The molecule has 2 amide bonds. The molecule has 0 bridgehead atoms. The average molecular weight is 296 g/mol. The van der Waals surface area contributed by atoms with Gasteiger partial charge in [0.05, 0.1) is 12.6 Å². The second-order valence-corrected chi connectivity index (χ2v) is 5.99. The van der Waals surface area contributed by atoms with E-state index in [-0.39, 0.29) is 24.4 Å². The van der Waals surface area contributed by atoms with Crippen LogP contribution in [0.5, 0.6) is 0 Å². The van der Waals surface area contributed by atoms with Crippen LogP contribution in [0.25, 0.3) is 0 Å². The van der Waals surface area contributed by atoms with Gasteiger partial charge in [0.15, 0.2) is 0 Å². The highest BCUT2D eigenvalue weighted by molar-refractivity contribution is 7.10. The zero-order chi connectivity index (χ0) is 15.1. The molecule has 1 heterocycles. The summed E-state index contributed by atoms with van der Waals surface area (Å²) in [6.07, 6.45) is 2.03. The predicted octanol–water partition coefficient (Wildman–Crippen LogP) is 2.82. The maximum atomic E-state index is 12.1. The normalized spacial score (nSPS) is 12.2. The molecule has 1 aromatic rings. The van der Waals surface area contributed by atoms with Gasteiger partial charge in [-0.15, -0.1) is 11.3 Å². The zero-order valence-electron chi connectivity index (χ0n) is 12.7. The van der Waals surface area contributed by atoms with Crippen LogP contribution in [0.15, 0.2) is 17.5 Å². The third kappa shape index (κ3) is 4.63. The molecule has 0 aliphatic rings. The maximum absolute atomic E-state index is 12.1. The predicted molar refractivity (Wildman–Crippen MR) is 82.6 cm³/mol. The summed E-state index contributed by atoms with van der Waals surface area (Å²) in [7, 11) is 1.64. The van der Waals surface area contributed by atoms with E-state index < -0.39 is 0 Å². The lowest BCUT2D eigenvalue weighted by Gasteiger charge is -2.26. The molecule has 5 heteroatoms. The number of likely N-dealkylation sites (N-methyl/N-ethyl adjacent to an activating group) is 1. The van der Waals surface area contributed by atoms with Gasteiger partial charge in [-0.3, -0.25) is 9.59 Å². The first kappa shape index (κ1) is 16.7. The Labute approximate surface area is 125 Å². The number of thiophene rings is 1. The molecule has 1 rings (SSSR count). The van der Waals surface area contributed by atoms with E-state index in [2.05, 4.69) is 25.2 Å². The van der Waals surface area contributed by atoms with Crippen molar-refractivity contribution >= 4 is 23.2 Å². The van der Waals surface area contributed by atoms with E-state index in [0.29, 0.717) is 5.92 Å². The quantitative estimate of drug-likeness (QED) is 0.841. The minimum atomic E-state index is -0.104. The molecule has 1 atom stereocenters. The van der Waals surface area contributed by atoms with Crippen LogP contribution in [-0.2, 0) is 9.59 Å². The van der Waals surface area contributed by atoms with Crippen LogP contribution < -0.4 is 5.32 Å². The number of amides is 2. The molecule has 0 aliphatic heterocycles. The Morgan fingerprint density at radius 2 is 2.00 bits per heavy atom. The number of hydrogen-bond donors (Lipinski definition) is 1. The van der Waals surface area contributed by atoms with Crippen molar-refractivity contribution in [2.45, 2.75) is 39.7 Å². The number of rotatable bonds is 7. The summed E-state index contributed by atoms with van der Waals surface area (Å²) in [4.78, 5) is 25.9. The Morgan fingerprint density at radius 3 is 2.45 bits per heavy atom. The monoisotopic (exact) mass is 296 g/mol. The summed E-state index contributed by atoms with van der Waals surface area (Å²) in [6.45, 7) is 5.85. The second-order valence-electron chi connectivity index (χ2n) is 5.01. The number of carbonyl (C=O) groups excluding carboxylic acids is 2. The second kappa shape index (κ2) is 8.04. The molecule has 4 nitrogen and oxygen atoms in total. The van der Waals surface area contributed by atoms with E-state index in [9.17, 15) is 9.59 Å². The van der Waals surface area contributed by atoms with Crippen molar-refractivity contribution in [3.05, 3.63) is 22.4 Å². The SMILES string of the molecule is CCC(CC)C(NC(=O)CN(C)C(C)=O)c1cccs1. The molecule has 0 radical (unpaired) electrons. The molecule has 1 unspecified atom stereocenters. The smallest absolute Gasteiger partial charge is 0.240 e. The fraction of sp³-hybridized carbons (Fsp3) is 0.600. The molecule has 0 fully saturated rings. The standard InChI is InChI=1S/C15H24N2O2S/c1-5-12(6-2)15(13-8-7-9-20-13)16-14(19)10-17(4)11(3)18/h7-9,12,15H,5-6,10H2,1-4H3,(H,16,19). The van der Waals surface area contributed by atoms with Crippen molar-refractivity contribution in [1.29, 1.82) is 0 Å². The Hall–Kier alpha value is -1.36. The van der Waals surface area contributed by atoms with Gasteiger partial charge in [0.2, 0.25) is 11.8 Å². The Morgan fingerprint density at radius 1 is 1.35 bits per heavy atom. The summed E-state index contributed by atoms with van der Waals surface area (Å²) >= 11 is 1.66. The molecule has 20 heavy (non-hydrogen) atoms. The number of hydrogen-bond acceptors (Lipinski definition) is 3. The third-order valence-corrected chi connectivity index (χ3v) is 4.56. The van der Waals surface area contributed by atoms with Gasteiger partial charge in [0, 0.05) is 18.8 Å². The van der Waals surface area contributed by atoms with Crippen molar-refractivity contribution in [2.75, 3.05) is 13.6 Å². The van der Waals surface area contributed by atoms with Gasteiger partial charge in [-0.2, -0.15) is 0 Å². The molecule has 0 saturated carbocycles. The summed E-state index contributed by atoms with van der Waals surface area (Å²) in [5, 5.41) is 5.11. The third-order valence-electron chi connectivity index (χ3n) is 3.60. The summed E-state index contributed by atoms with van der Waals surface area (Å²) < 4.78 is 0. The number of nitrogens with zero attached hydrogens (tertiary/aromatic N) is 1. The van der Waals surface area contributed by atoms with Gasteiger partial charge in [-0.1, -0.05) is 32.8 Å². The van der Waals surface area contributed by atoms with Crippen molar-refractivity contribution in [1.82, 2.24) is 10.2 Å². The first-order chi connectivity index (χ1) is 9.49. The van der Waals surface area contributed by atoms with E-state index in [1.54, 1.807) is 18.4 Å². The minimum Gasteiger partial charge on any atom is -0.347 e. The zero-order valence-corrected chi connectivity index (χ0v) is 13.5. The lowest BCUT2D eigenvalue weighted by atomic mass is 9.93. The Balaban J connectivity index is 2.75.